The van der Waals surface area contributed by atoms with Crippen molar-refractivity contribution < 1.29 is 9.47 Å². The van der Waals surface area contributed by atoms with E-state index in [1.165, 1.54) is 0 Å². The molecule has 2 nitrogen and oxygen atoms in total. The highest BCUT2D eigenvalue weighted by atomic mass is 16.5. The first-order valence-corrected chi connectivity index (χ1v) is 5.59. The fourth-order valence-electron chi connectivity index (χ4n) is 1.55. The van der Waals surface area contributed by atoms with Crippen molar-refractivity contribution in [3.05, 3.63) is 42.3 Å². The van der Waals surface area contributed by atoms with E-state index in [2.05, 4.69) is 6.58 Å². The van der Waals surface area contributed by atoms with Crippen molar-refractivity contribution in [3.63, 3.8) is 0 Å². The Hall–Kier alpha value is -1.44. The zero-order chi connectivity index (χ0) is 12.0. The van der Waals surface area contributed by atoms with Crippen LogP contribution in [-0.2, 0) is 0 Å². The Balaban J connectivity index is 3.16. The van der Waals surface area contributed by atoms with Gasteiger partial charge in [0.25, 0.3) is 0 Å². The molecule has 2 heteroatoms. The van der Waals surface area contributed by atoms with Crippen LogP contribution in [0.4, 0.5) is 0 Å². The van der Waals surface area contributed by atoms with Crippen LogP contribution < -0.4 is 9.47 Å². The van der Waals surface area contributed by atoms with Crippen LogP contribution in [-0.4, -0.2) is 13.2 Å². The van der Waals surface area contributed by atoms with Gasteiger partial charge in [0.05, 0.1) is 13.2 Å². The van der Waals surface area contributed by atoms with Gasteiger partial charge in [-0.2, -0.15) is 0 Å². The quantitative estimate of drug-likeness (QED) is 0.727. The normalized spacial score (nSPS) is 10.2. The van der Waals surface area contributed by atoms with Gasteiger partial charge < -0.3 is 9.47 Å². The zero-order valence-corrected chi connectivity index (χ0v) is 10.2. The molecule has 87 valence electrons. The molecule has 0 aromatic heterocycles. The molecule has 1 radical (unpaired) electrons. The molecule has 0 saturated heterocycles. The monoisotopic (exact) mass is 219 g/mol. The van der Waals surface area contributed by atoms with E-state index >= 15 is 0 Å². The summed E-state index contributed by atoms with van der Waals surface area (Å²) >= 11 is 0. The summed E-state index contributed by atoms with van der Waals surface area (Å²) in [5.74, 6) is 2.77. The van der Waals surface area contributed by atoms with Gasteiger partial charge in [-0.15, -0.1) is 6.58 Å². The highest BCUT2D eigenvalue weighted by Crippen LogP contribution is 2.35. The van der Waals surface area contributed by atoms with Crippen molar-refractivity contribution >= 4 is 0 Å². The Morgan fingerprint density at radius 1 is 1.19 bits per heavy atom. The van der Waals surface area contributed by atoms with E-state index in [1.807, 2.05) is 45.0 Å². The van der Waals surface area contributed by atoms with Crippen LogP contribution in [0.1, 0.15) is 26.3 Å². The SMILES string of the molecule is C=C[C](C)c1c(OCC)cccc1OCC. The van der Waals surface area contributed by atoms with Crippen molar-refractivity contribution in [1.29, 1.82) is 0 Å². The number of hydrogen-bond donors (Lipinski definition) is 0. The smallest absolute Gasteiger partial charge is 0.127 e. The van der Waals surface area contributed by atoms with E-state index in [-0.39, 0.29) is 0 Å². The Morgan fingerprint density at radius 2 is 1.69 bits per heavy atom. The minimum absolute atomic E-state index is 0.646. The van der Waals surface area contributed by atoms with Gasteiger partial charge in [0, 0.05) is 11.5 Å². The maximum absolute atomic E-state index is 5.60. The first-order valence-electron chi connectivity index (χ1n) is 5.59. The van der Waals surface area contributed by atoms with Gasteiger partial charge in [0.15, 0.2) is 0 Å². The lowest BCUT2D eigenvalue weighted by atomic mass is 9.99. The van der Waals surface area contributed by atoms with E-state index in [1.54, 1.807) is 0 Å². The summed E-state index contributed by atoms with van der Waals surface area (Å²) in [6.07, 6.45) is 1.82. The van der Waals surface area contributed by atoms with E-state index < -0.39 is 0 Å². The first kappa shape index (κ1) is 12.6. The summed E-state index contributed by atoms with van der Waals surface area (Å²) < 4.78 is 11.2. The topological polar surface area (TPSA) is 18.5 Å². The number of allylic oxidation sites excluding steroid dienone is 1. The first-order chi connectivity index (χ1) is 7.74. The van der Waals surface area contributed by atoms with E-state index in [0.717, 1.165) is 23.0 Å². The highest BCUT2D eigenvalue weighted by Gasteiger charge is 2.15. The minimum atomic E-state index is 0.646. The molecule has 0 unspecified atom stereocenters. The van der Waals surface area contributed by atoms with Crippen LogP contribution in [0.25, 0.3) is 0 Å². The number of hydrogen-bond acceptors (Lipinski definition) is 2. The zero-order valence-electron chi connectivity index (χ0n) is 10.2. The third-order valence-electron chi connectivity index (χ3n) is 2.29. The number of benzene rings is 1. The summed E-state index contributed by atoms with van der Waals surface area (Å²) in [7, 11) is 0. The number of rotatable bonds is 6. The van der Waals surface area contributed by atoms with Gasteiger partial charge in [0.1, 0.15) is 11.5 Å². The molecule has 1 aromatic rings. The molecule has 0 bridgehead atoms. The molecule has 16 heavy (non-hydrogen) atoms. The lowest BCUT2D eigenvalue weighted by molar-refractivity contribution is 0.319. The van der Waals surface area contributed by atoms with E-state index in [0.29, 0.717) is 13.2 Å². The molecule has 0 heterocycles. The Bertz CT molecular complexity index is 320. The molecular weight excluding hydrogens is 200 g/mol. The van der Waals surface area contributed by atoms with Crippen LogP contribution in [0.3, 0.4) is 0 Å². The molecule has 1 rings (SSSR count). The second-order valence-electron chi connectivity index (χ2n) is 3.38. The van der Waals surface area contributed by atoms with Crippen molar-refractivity contribution in [2.24, 2.45) is 0 Å². The minimum Gasteiger partial charge on any atom is -0.493 e. The van der Waals surface area contributed by atoms with Crippen molar-refractivity contribution in [2.75, 3.05) is 13.2 Å². The van der Waals surface area contributed by atoms with Gasteiger partial charge >= 0.3 is 0 Å². The van der Waals surface area contributed by atoms with E-state index in [4.69, 9.17) is 9.47 Å². The van der Waals surface area contributed by atoms with Crippen molar-refractivity contribution in [2.45, 2.75) is 20.8 Å². The molecule has 0 aliphatic heterocycles. The molecular formula is C14H19O2. The summed E-state index contributed by atoms with van der Waals surface area (Å²) in [5.41, 5.74) is 1.00. The fourth-order valence-corrected chi connectivity index (χ4v) is 1.55. The molecule has 1 aromatic carbocycles. The van der Waals surface area contributed by atoms with Gasteiger partial charge in [-0.1, -0.05) is 19.1 Å². The Labute approximate surface area is 97.9 Å². The lowest BCUT2D eigenvalue weighted by Gasteiger charge is -2.17. The standard InChI is InChI=1S/C14H19O2/c1-5-11(4)14-12(15-6-2)9-8-10-13(14)16-7-3/h5,8-10H,1,6-7H2,2-4H3. The van der Waals surface area contributed by atoms with Crippen molar-refractivity contribution in [1.82, 2.24) is 0 Å². The summed E-state index contributed by atoms with van der Waals surface area (Å²) in [6, 6.07) is 5.85. The molecule has 0 atom stereocenters. The van der Waals surface area contributed by atoms with E-state index in [9.17, 15) is 0 Å². The summed E-state index contributed by atoms with van der Waals surface area (Å²) in [6.45, 7) is 11.0. The third-order valence-corrected chi connectivity index (χ3v) is 2.29. The second kappa shape index (κ2) is 6.21. The van der Waals surface area contributed by atoms with Gasteiger partial charge in [-0.3, -0.25) is 0 Å². The molecule has 0 fully saturated rings. The van der Waals surface area contributed by atoms with Gasteiger partial charge in [0.2, 0.25) is 0 Å². The molecule has 0 aliphatic rings. The van der Waals surface area contributed by atoms with Crippen LogP contribution in [0.15, 0.2) is 30.9 Å². The highest BCUT2D eigenvalue weighted by molar-refractivity contribution is 5.55. The van der Waals surface area contributed by atoms with Crippen molar-refractivity contribution in [3.8, 4) is 11.5 Å². The molecule has 0 spiro atoms. The van der Waals surface area contributed by atoms with Crippen LogP contribution in [0.2, 0.25) is 0 Å². The average Bonchev–Trinajstić information content (AvgIpc) is 2.29. The Kier molecular flexibility index (Phi) is 4.90. The Morgan fingerprint density at radius 3 is 2.06 bits per heavy atom. The number of ether oxygens (including phenoxy) is 2. The summed E-state index contributed by atoms with van der Waals surface area (Å²) in [4.78, 5) is 0. The molecule has 0 N–H and O–H groups in total. The molecule has 0 aliphatic carbocycles. The summed E-state index contributed by atoms with van der Waals surface area (Å²) in [5, 5.41) is 0. The molecule has 0 saturated carbocycles. The second-order valence-corrected chi connectivity index (χ2v) is 3.38. The van der Waals surface area contributed by atoms with Gasteiger partial charge in [-0.25, -0.2) is 0 Å². The fraction of sp³-hybridized carbons (Fsp3) is 0.357. The lowest BCUT2D eigenvalue weighted by Crippen LogP contribution is -2.03. The predicted octanol–water partition coefficient (Wildman–Crippen LogP) is 3.61. The maximum Gasteiger partial charge on any atom is 0.127 e. The predicted molar refractivity (Wildman–Crippen MR) is 67.0 cm³/mol. The average molecular weight is 219 g/mol. The van der Waals surface area contributed by atoms with Crippen LogP contribution in [0.5, 0.6) is 11.5 Å². The third kappa shape index (κ3) is 2.78. The largest absolute Gasteiger partial charge is 0.493 e. The van der Waals surface area contributed by atoms with Crippen LogP contribution in [0, 0.1) is 5.92 Å². The maximum atomic E-state index is 5.60. The molecule has 0 amide bonds. The van der Waals surface area contributed by atoms with Gasteiger partial charge in [-0.05, 0) is 26.0 Å². The van der Waals surface area contributed by atoms with Crippen LogP contribution >= 0.6 is 0 Å².